The van der Waals surface area contributed by atoms with E-state index in [1.807, 2.05) is 62.5 Å². The molecule has 1 aromatic heterocycles. The van der Waals surface area contributed by atoms with Crippen LogP contribution in [0.4, 0.5) is 5.69 Å². The number of aromatic nitrogens is 3. The number of carbonyl (C=O) groups excluding carboxylic acids is 1. The molecule has 0 aliphatic carbocycles. The Morgan fingerprint density at radius 1 is 1.20 bits per heavy atom. The van der Waals surface area contributed by atoms with E-state index in [0.29, 0.717) is 11.0 Å². The number of hydrazone groups is 1. The summed E-state index contributed by atoms with van der Waals surface area (Å²) in [4.78, 5) is 12.4. The second-order valence-electron chi connectivity index (χ2n) is 6.31. The number of benzene rings is 2. The molecular formula is C21H23N5O3S. The zero-order valence-electron chi connectivity index (χ0n) is 17.2. The lowest BCUT2D eigenvalue weighted by atomic mass is 10.2. The standard InChI is InChI=1S/C21H23N5O3S/c1-5-29-20(27)19(24-22-16-8-6-7-14(2)13-16)30-21-25-23-18(26(21)3)15-9-11-17(28-4)12-10-15/h6-13,22H,5H2,1-4H3/b24-19+. The number of methoxy groups -OCH3 is 1. The van der Waals surface area contributed by atoms with Crippen molar-refractivity contribution in [3.63, 3.8) is 0 Å². The summed E-state index contributed by atoms with van der Waals surface area (Å²) in [6.07, 6.45) is 0. The number of esters is 1. The molecule has 0 aliphatic heterocycles. The van der Waals surface area contributed by atoms with E-state index in [1.165, 1.54) is 0 Å². The number of ether oxygens (including phenoxy) is 2. The molecule has 0 atom stereocenters. The average molecular weight is 426 g/mol. The molecule has 0 saturated heterocycles. The van der Waals surface area contributed by atoms with Gasteiger partial charge < -0.3 is 14.0 Å². The van der Waals surface area contributed by atoms with Crippen molar-refractivity contribution in [2.45, 2.75) is 19.0 Å². The molecule has 0 radical (unpaired) electrons. The second-order valence-corrected chi connectivity index (χ2v) is 7.27. The van der Waals surface area contributed by atoms with E-state index in [2.05, 4.69) is 20.7 Å². The highest BCUT2D eigenvalue weighted by molar-refractivity contribution is 8.15. The van der Waals surface area contributed by atoms with Gasteiger partial charge in [-0.15, -0.1) is 10.2 Å². The van der Waals surface area contributed by atoms with Crippen molar-refractivity contribution < 1.29 is 14.3 Å². The van der Waals surface area contributed by atoms with Gasteiger partial charge in [0.25, 0.3) is 0 Å². The maximum Gasteiger partial charge on any atom is 0.365 e. The smallest absolute Gasteiger partial charge is 0.365 e. The van der Waals surface area contributed by atoms with Crippen LogP contribution in [0.5, 0.6) is 5.75 Å². The van der Waals surface area contributed by atoms with Crippen molar-refractivity contribution in [3.8, 4) is 17.1 Å². The summed E-state index contributed by atoms with van der Waals surface area (Å²) < 4.78 is 12.1. The molecule has 0 aliphatic rings. The van der Waals surface area contributed by atoms with Crippen LogP contribution >= 0.6 is 11.8 Å². The van der Waals surface area contributed by atoms with Gasteiger partial charge in [0.1, 0.15) is 5.75 Å². The van der Waals surface area contributed by atoms with Crippen molar-refractivity contribution in [3.05, 3.63) is 54.1 Å². The minimum absolute atomic E-state index is 0.134. The van der Waals surface area contributed by atoms with Gasteiger partial charge in [-0.05, 0) is 67.6 Å². The monoisotopic (exact) mass is 425 g/mol. The summed E-state index contributed by atoms with van der Waals surface area (Å²) in [5, 5.41) is 13.4. The van der Waals surface area contributed by atoms with Gasteiger partial charge in [0.05, 0.1) is 19.4 Å². The predicted molar refractivity (Wildman–Crippen MR) is 118 cm³/mol. The van der Waals surface area contributed by atoms with Gasteiger partial charge in [0, 0.05) is 12.6 Å². The minimum atomic E-state index is -0.531. The number of nitrogens with one attached hydrogen (secondary N) is 1. The number of aryl methyl sites for hydroxylation is 1. The fourth-order valence-corrected chi connectivity index (χ4v) is 3.33. The summed E-state index contributed by atoms with van der Waals surface area (Å²) >= 11 is 1.09. The maximum atomic E-state index is 12.4. The normalized spacial score (nSPS) is 11.3. The largest absolute Gasteiger partial charge is 0.497 e. The highest BCUT2D eigenvalue weighted by Gasteiger charge is 2.20. The Bertz CT molecular complexity index is 1050. The Hall–Kier alpha value is -3.33. The third kappa shape index (κ3) is 5.18. The highest BCUT2D eigenvalue weighted by atomic mass is 32.2. The van der Waals surface area contributed by atoms with Crippen LogP contribution in [0.1, 0.15) is 12.5 Å². The van der Waals surface area contributed by atoms with E-state index in [0.717, 1.165) is 34.3 Å². The first kappa shape index (κ1) is 21.4. The zero-order chi connectivity index (χ0) is 21.5. The number of nitrogens with zero attached hydrogens (tertiary/aromatic N) is 4. The lowest BCUT2D eigenvalue weighted by Crippen LogP contribution is -2.16. The highest BCUT2D eigenvalue weighted by Crippen LogP contribution is 2.25. The van der Waals surface area contributed by atoms with Crippen molar-refractivity contribution in [1.29, 1.82) is 0 Å². The molecule has 1 N–H and O–H groups in total. The molecule has 0 spiro atoms. The van der Waals surface area contributed by atoms with Crippen molar-refractivity contribution >= 4 is 28.5 Å². The van der Waals surface area contributed by atoms with Gasteiger partial charge in [0.15, 0.2) is 11.0 Å². The van der Waals surface area contributed by atoms with Crippen LogP contribution in [-0.4, -0.2) is 39.5 Å². The maximum absolute atomic E-state index is 12.4. The van der Waals surface area contributed by atoms with Gasteiger partial charge >= 0.3 is 5.97 Å². The number of anilines is 1. The van der Waals surface area contributed by atoms with Crippen LogP contribution in [0, 0.1) is 6.92 Å². The first-order chi connectivity index (χ1) is 14.5. The summed E-state index contributed by atoms with van der Waals surface area (Å²) in [5.41, 5.74) is 5.64. The molecule has 8 nitrogen and oxygen atoms in total. The van der Waals surface area contributed by atoms with Crippen LogP contribution in [0.2, 0.25) is 0 Å². The second kappa shape index (κ2) is 9.93. The quantitative estimate of drug-likeness (QED) is 0.211. The summed E-state index contributed by atoms with van der Waals surface area (Å²) in [5.74, 6) is 0.890. The first-order valence-corrected chi connectivity index (χ1v) is 10.1. The molecule has 2 aromatic carbocycles. The molecule has 3 rings (SSSR count). The van der Waals surface area contributed by atoms with Crippen molar-refractivity contribution in [2.24, 2.45) is 12.1 Å². The number of hydrogen-bond donors (Lipinski definition) is 1. The minimum Gasteiger partial charge on any atom is -0.497 e. The fraction of sp³-hybridized carbons (Fsp3) is 0.238. The van der Waals surface area contributed by atoms with Crippen molar-refractivity contribution in [1.82, 2.24) is 14.8 Å². The van der Waals surface area contributed by atoms with Gasteiger partial charge in [-0.1, -0.05) is 12.1 Å². The third-order valence-electron chi connectivity index (χ3n) is 4.13. The molecule has 0 amide bonds. The SMILES string of the molecule is CCOC(=O)/C(=N\Nc1cccc(C)c1)Sc1nnc(-c2ccc(OC)cc2)n1C. The molecular weight excluding hydrogens is 402 g/mol. The molecule has 1 heterocycles. The van der Waals surface area contributed by atoms with Crippen LogP contribution in [0.15, 0.2) is 58.8 Å². The van der Waals surface area contributed by atoms with E-state index in [-0.39, 0.29) is 11.7 Å². The van der Waals surface area contributed by atoms with E-state index in [9.17, 15) is 4.79 Å². The lowest BCUT2D eigenvalue weighted by Gasteiger charge is -2.08. The topological polar surface area (TPSA) is 90.6 Å². The summed E-state index contributed by atoms with van der Waals surface area (Å²) in [7, 11) is 3.45. The lowest BCUT2D eigenvalue weighted by molar-refractivity contribution is -0.134. The van der Waals surface area contributed by atoms with E-state index >= 15 is 0 Å². The molecule has 9 heteroatoms. The van der Waals surface area contributed by atoms with Crippen LogP contribution < -0.4 is 10.2 Å². The number of carbonyl (C=O) groups is 1. The Morgan fingerprint density at radius 2 is 1.97 bits per heavy atom. The molecule has 0 saturated carbocycles. The van der Waals surface area contributed by atoms with E-state index in [1.54, 1.807) is 18.6 Å². The van der Waals surface area contributed by atoms with Crippen LogP contribution in [-0.2, 0) is 16.6 Å². The predicted octanol–water partition coefficient (Wildman–Crippen LogP) is 3.88. The molecule has 30 heavy (non-hydrogen) atoms. The van der Waals surface area contributed by atoms with Gasteiger partial charge in [0.2, 0.25) is 5.04 Å². The number of thioether (sulfide) groups is 1. The Balaban J connectivity index is 1.84. The van der Waals surface area contributed by atoms with Gasteiger partial charge in [-0.3, -0.25) is 5.43 Å². The first-order valence-electron chi connectivity index (χ1n) is 9.31. The molecule has 156 valence electrons. The molecule has 3 aromatic rings. The van der Waals surface area contributed by atoms with Gasteiger partial charge in [-0.25, -0.2) is 4.79 Å². The number of hydrogen-bond acceptors (Lipinski definition) is 8. The summed E-state index contributed by atoms with van der Waals surface area (Å²) in [6, 6.07) is 15.2. The van der Waals surface area contributed by atoms with E-state index < -0.39 is 5.97 Å². The van der Waals surface area contributed by atoms with Gasteiger partial charge in [-0.2, -0.15) is 5.10 Å². The average Bonchev–Trinajstić information content (AvgIpc) is 3.11. The molecule has 0 bridgehead atoms. The van der Waals surface area contributed by atoms with Crippen molar-refractivity contribution in [2.75, 3.05) is 19.1 Å². The molecule has 0 fully saturated rings. The summed E-state index contributed by atoms with van der Waals surface area (Å²) in [6.45, 7) is 3.98. The Morgan fingerprint density at radius 3 is 2.63 bits per heavy atom. The fourth-order valence-electron chi connectivity index (χ4n) is 2.61. The number of rotatable bonds is 6. The Labute approximate surface area is 179 Å². The third-order valence-corrected chi connectivity index (χ3v) is 5.12. The Kier molecular flexibility index (Phi) is 7.08. The van der Waals surface area contributed by atoms with Crippen LogP contribution in [0.3, 0.4) is 0 Å². The van der Waals surface area contributed by atoms with E-state index in [4.69, 9.17) is 9.47 Å². The molecule has 0 unspecified atom stereocenters. The zero-order valence-corrected chi connectivity index (χ0v) is 18.1. The van der Waals surface area contributed by atoms with Crippen LogP contribution in [0.25, 0.3) is 11.4 Å².